The molecule has 0 fully saturated rings. The molecule has 0 aromatic carbocycles. The molecule has 0 unspecified atom stereocenters. The van der Waals surface area contributed by atoms with Gasteiger partial charge >= 0.3 is 0 Å². The minimum Gasteiger partial charge on any atom is -0.341 e. The van der Waals surface area contributed by atoms with Gasteiger partial charge in [0.25, 0.3) is 0 Å². The molecule has 0 aromatic rings. The molecule has 0 N–H and O–H groups in total. The highest BCUT2D eigenvalue weighted by atomic mass is 35.5. The Bertz CT molecular complexity index is 53.2. The third-order valence-electron chi connectivity index (χ3n) is 1.03. The first-order chi connectivity index (χ1) is 3.68. The zero-order chi connectivity index (χ0) is 6.62. The molecular weight excluding hydrogens is 128 g/mol. The van der Waals surface area contributed by atoms with E-state index in [-0.39, 0.29) is 0 Å². The lowest BCUT2D eigenvalue weighted by Crippen LogP contribution is -2.24. The highest BCUT2D eigenvalue weighted by molar-refractivity contribution is 6.21. The van der Waals surface area contributed by atoms with Crippen LogP contribution in [0.15, 0.2) is 0 Å². The first-order valence-corrected chi connectivity index (χ1v) is 2.85. The van der Waals surface area contributed by atoms with Crippen molar-refractivity contribution in [3.63, 3.8) is 0 Å². The first-order valence-electron chi connectivity index (χ1n) is 2.47. The molecule has 3 heteroatoms. The van der Waals surface area contributed by atoms with Crippen LogP contribution in [0.4, 0.5) is 0 Å². The fourth-order valence-corrected chi connectivity index (χ4v) is 0.372. The van der Waals surface area contributed by atoms with E-state index in [1.54, 1.807) is 0 Å². The van der Waals surface area contributed by atoms with E-state index < -0.39 is 5.25 Å². The van der Waals surface area contributed by atoms with Gasteiger partial charge in [0, 0.05) is 20.6 Å². The molecule has 0 aromatic heterocycles. The first kappa shape index (κ1) is 8.21. The van der Waals surface area contributed by atoms with E-state index in [0.29, 0.717) is 6.42 Å². The van der Waals surface area contributed by atoms with E-state index >= 15 is 0 Å². The smallest absolute Gasteiger partial charge is 0.247 e. The Morgan fingerprint density at radius 2 is 1.75 bits per heavy atom. The predicted molar refractivity (Wildman–Crippen MR) is 32.9 cm³/mol. The normalized spacial score (nSPS) is 12.0. The van der Waals surface area contributed by atoms with Crippen LogP contribution in [0.5, 0.6) is 0 Å². The molecule has 50 valence electrons. The van der Waals surface area contributed by atoms with E-state index in [0.717, 1.165) is 0 Å². The number of hydrogen-bond donors (Lipinski definition) is 0. The maximum absolute atomic E-state index is 5.65. The monoisotopic (exact) mass is 138 g/mol. The average molecular weight is 139 g/mol. The highest BCUT2D eigenvalue weighted by Crippen LogP contribution is 2.19. The van der Waals surface area contributed by atoms with Crippen molar-refractivity contribution in [1.29, 1.82) is 0 Å². The maximum Gasteiger partial charge on any atom is 0.247 e. The van der Waals surface area contributed by atoms with Gasteiger partial charge < -0.3 is 9.47 Å². The van der Waals surface area contributed by atoms with Gasteiger partial charge in [-0.3, -0.25) is 0 Å². The summed E-state index contributed by atoms with van der Waals surface area (Å²) in [7, 11) is 3.03. The van der Waals surface area contributed by atoms with Crippen LogP contribution >= 0.6 is 11.6 Å². The number of methoxy groups -OCH3 is 2. The molecule has 0 radical (unpaired) electrons. The molecule has 0 aliphatic heterocycles. The number of rotatable bonds is 3. The molecule has 0 aliphatic rings. The molecule has 0 rings (SSSR count). The van der Waals surface area contributed by atoms with Crippen molar-refractivity contribution in [3.05, 3.63) is 0 Å². The Morgan fingerprint density at radius 3 is 1.75 bits per heavy atom. The Balaban J connectivity index is 3.58. The van der Waals surface area contributed by atoms with Crippen LogP contribution < -0.4 is 0 Å². The van der Waals surface area contributed by atoms with Crippen molar-refractivity contribution in [2.45, 2.75) is 18.6 Å². The average Bonchev–Trinajstić information content (AvgIpc) is 1.87. The fourth-order valence-electron chi connectivity index (χ4n) is 0.372. The quantitative estimate of drug-likeness (QED) is 0.436. The number of hydrogen-bond acceptors (Lipinski definition) is 2. The third kappa shape index (κ3) is 1.99. The molecule has 0 saturated carbocycles. The summed E-state index contributed by atoms with van der Waals surface area (Å²) in [5.41, 5.74) is 0. The summed E-state index contributed by atoms with van der Waals surface area (Å²) in [6, 6.07) is 0. The van der Waals surface area contributed by atoms with Crippen LogP contribution in [0.25, 0.3) is 0 Å². The van der Waals surface area contributed by atoms with Crippen LogP contribution in [0, 0.1) is 0 Å². The lowest BCUT2D eigenvalue weighted by atomic mass is 10.5. The van der Waals surface area contributed by atoms with Crippen LogP contribution in [0.1, 0.15) is 13.3 Å². The van der Waals surface area contributed by atoms with E-state index in [9.17, 15) is 0 Å². The van der Waals surface area contributed by atoms with Crippen molar-refractivity contribution in [3.8, 4) is 0 Å². The summed E-state index contributed by atoms with van der Waals surface area (Å²) in [6.45, 7) is 1.89. The Kier molecular flexibility index (Phi) is 3.36. The minimum absolute atomic E-state index is 0.640. The largest absolute Gasteiger partial charge is 0.341 e. The van der Waals surface area contributed by atoms with Gasteiger partial charge in [0.2, 0.25) is 5.25 Å². The summed E-state index contributed by atoms with van der Waals surface area (Å²) in [4.78, 5) is 0. The van der Waals surface area contributed by atoms with Crippen molar-refractivity contribution < 1.29 is 9.47 Å². The van der Waals surface area contributed by atoms with Gasteiger partial charge in [-0.25, -0.2) is 0 Å². The summed E-state index contributed by atoms with van der Waals surface area (Å²) < 4.78 is 9.56. The number of ether oxygens (including phenoxy) is 2. The molecule has 0 bridgehead atoms. The highest BCUT2D eigenvalue weighted by Gasteiger charge is 2.22. The van der Waals surface area contributed by atoms with Crippen molar-refractivity contribution in [2.75, 3.05) is 14.2 Å². The Labute approximate surface area is 54.7 Å². The van der Waals surface area contributed by atoms with Crippen LogP contribution in [-0.2, 0) is 9.47 Å². The fraction of sp³-hybridized carbons (Fsp3) is 1.00. The topological polar surface area (TPSA) is 18.5 Å². The minimum atomic E-state index is -0.903. The van der Waals surface area contributed by atoms with E-state index in [4.69, 9.17) is 21.1 Å². The molecule has 2 nitrogen and oxygen atoms in total. The predicted octanol–water partition coefficient (Wildman–Crippen LogP) is 1.58. The molecule has 8 heavy (non-hydrogen) atoms. The zero-order valence-electron chi connectivity index (χ0n) is 5.40. The van der Waals surface area contributed by atoms with Crippen molar-refractivity contribution in [1.82, 2.24) is 0 Å². The van der Waals surface area contributed by atoms with Crippen LogP contribution in [-0.4, -0.2) is 19.5 Å². The van der Waals surface area contributed by atoms with Gasteiger partial charge in [0.05, 0.1) is 0 Å². The lowest BCUT2D eigenvalue weighted by Gasteiger charge is -2.20. The Morgan fingerprint density at radius 1 is 1.38 bits per heavy atom. The number of halogens is 1. The van der Waals surface area contributed by atoms with Crippen molar-refractivity contribution >= 4 is 11.6 Å². The molecule has 0 aliphatic carbocycles. The molecule has 0 saturated heterocycles. The SMILES string of the molecule is CCC(Cl)(OC)OC. The van der Waals surface area contributed by atoms with Gasteiger partial charge in [0.15, 0.2) is 0 Å². The van der Waals surface area contributed by atoms with Gasteiger partial charge in [0.1, 0.15) is 0 Å². The van der Waals surface area contributed by atoms with Gasteiger partial charge in [-0.05, 0) is 0 Å². The van der Waals surface area contributed by atoms with Crippen LogP contribution in [0.2, 0.25) is 0 Å². The van der Waals surface area contributed by atoms with Crippen LogP contribution in [0.3, 0.4) is 0 Å². The lowest BCUT2D eigenvalue weighted by molar-refractivity contribution is -0.142. The van der Waals surface area contributed by atoms with E-state index in [2.05, 4.69) is 0 Å². The summed E-state index contributed by atoms with van der Waals surface area (Å²) in [5, 5.41) is -0.903. The van der Waals surface area contributed by atoms with Gasteiger partial charge in [-0.2, -0.15) is 0 Å². The maximum atomic E-state index is 5.65. The van der Waals surface area contributed by atoms with Gasteiger partial charge in [-0.1, -0.05) is 18.5 Å². The third-order valence-corrected chi connectivity index (χ3v) is 1.61. The Hall–Kier alpha value is 0.210. The zero-order valence-corrected chi connectivity index (χ0v) is 6.16. The molecule has 0 atom stereocenters. The summed E-state index contributed by atoms with van der Waals surface area (Å²) >= 11 is 5.65. The van der Waals surface area contributed by atoms with E-state index in [1.165, 1.54) is 14.2 Å². The van der Waals surface area contributed by atoms with Crippen molar-refractivity contribution in [2.24, 2.45) is 0 Å². The summed E-state index contributed by atoms with van der Waals surface area (Å²) in [6.07, 6.45) is 0.640. The second-order valence-corrected chi connectivity index (χ2v) is 2.00. The molecule has 0 amide bonds. The summed E-state index contributed by atoms with van der Waals surface area (Å²) in [5.74, 6) is 0. The molecule has 0 spiro atoms. The number of alkyl halides is 1. The second kappa shape index (κ2) is 3.28. The molecular formula is C5H11ClO2. The van der Waals surface area contributed by atoms with E-state index in [1.807, 2.05) is 6.92 Å². The standard InChI is InChI=1S/C5H11ClO2/c1-4-5(6,7-2)8-3/h4H2,1-3H3. The second-order valence-electron chi connectivity index (χ2n) is 1.42. The van der Waals surface area contributed by atoms with Gasteiger partial charge in [-0.15, -0.1) is 0 Å². The molecule has 0 heterocycles.